The second-order valence-electron chi connectivity index (χ2n) is 7.25. The van der Waals surface area contributed by atoms with E-state index in [0.717, 1.165) is 27.9 Å². The molecule has 0 saturated carbocycles. The summed E-state index contributed by atoms with van der Waals surface area (Å²) in [7, 11) is 0. The molecule has 1 aromatic heterocycles. The van der Waals surface area contributed by atoms with Crippen LogP contribution in [0, 0.1) is 0 Å². The Bertz CT molecular complexity index is 758. The van der Waals surface area contributed by atoms with Gasteiger partial charge >= 0.3 is 0 Å². The number of carbonyl (C=O) groups excluding carboxylic acids is 1. The lowest BCUT2D eigenvalue weighted by Gasteiger charge is -2.23. The van der Waals surface area contributed by atoms with Crippen molar-refractivity contribution in [3.63, 3.8) is 0 Å². The quantitative estimate of drug-likeness (QED) is 0.598. The van der Waals surface area contributed by atoms with Crippen LogP contribution in [0.25, 0.3) is 10.9 Å². The molecule has 0 fully saturated rings. The van der Waals surface area contributed by atoms with Gasteiger partial charge in [0.25, 0.3) is 5.91 Å². The maximum Gasteiger partial charge on any atom is 0.275 e. The first kappa shape index (κ1) is 20.0. The molecule has 1 heterocycles. The Morgan fingerprint density at radius 3 is 2.64 bits per heavy atom. The molecule has 1 aromatic carbocycles. The molecule has 25 heavy (non-hydrogen) atoms. The zero-order valence-corrected chi connectivity index (χ0v) is 17.1. The van der Waals surface area contributed by atoms with E-state index in [1.54, 1.807) is 11.8 Å². The van der Waals surface area contributed by atoms with Crippen molar-refractivity contribution in [3.05, 3.63) is 35.0 Å². The van der Waals surface area contributed by atoms with Crippen molar-refractivity contribution in [2.24, 2.45) is 0 Å². The highest BCUT2D eigenvalue weighted by Gasteiger charge is 2.19. The smallest absolute Gasteiger partial charge is 0.275 e. The molecule has 0 aliphatic rings. The van der Waals surface area contributed by atoms with Crippen molar-refractivity contribution in [2.75, 3.05) is 19.3 Å². The Labute approximate surface area is 159 Å². The number of thioether (sulfide) groups is 1. The molecule has 1 unspecified atom stereocenters. The Hall–Kier alpha value is -1.30. The van der Waals surface area contributed by atoms with Crippen LogP contribution in [-0.4, -0.2) is 35.8 Å². The maximum atomic E-state index is 12.2. The third-order valence-electron chi connectivity index (χ3n) is 3.92. The van der Waals surface area contributed by atoms with Crippen LogP contribution in [0.1, 0.15) is 33.3 Å². The fourth-order valence-electron chi connectivity index (χ4n) is 2.69. The summed E-state index contributed by atoms with van der Waals surface area (Å²) in [4.78, 5) is 19.1. The minimum Gasteiger partial charge on any atom is -0.347 e. The number of halogens is 1. The molecule has 1 atom stereocenters. The maximum absolute atomic E-state index is 12.2. The third kappa shape index (κ3) is 5.87. The average molecular weight is 381 g/mol. The minimum atomic E-state index is -0.215. The molecule has 4 nitrogen and oxygen atoms in total. The van der Waals surface area contributed by atoms with Crippen LogP contribution in [0.5, 0.6) is 0 Å². The molecular weight excluding hydrogens is 354 g/mol. The lowest BCUT2D eigenvalue weighted by atomic mass is 10.1. The van der Waals surface area contributed by atoms with Gasteiger partial charge in [-0.15, -0.1) is 11.8 Å². The van der Waals surface area contributed by atoms with Crippen molar-refractivity contribution in [3.8, 4) is 0 Å². The van der Waals surface area contributed by atoms with E-state index in [1.807, 2.05) is 27.0 Å². The standard InChI is InChI=1S/C19H26ClN3OS/c1-6-23(12-17(24)22-19(2,3)4)11-14-9-13-7-8-15(25-5)10-16(13)21-18(14)20/h7-10H,6,11-12H2,1-5H3,(H,22,24)/p+1. The van der Waals surface area contributed by atoms with Gasteiger partial charge in [0.05, 0.1) is 12.1 Å². The molecule has 0 aliphatic carbocycles. The predicted octanol–water partition coefficient (Wildman–Crippen LogP) is 2.93. The predicted molar refractivity (Wildman–Crippen MR) is 107 cm³/mol. The summed E-state index contributed by atoms with van der Waals surface area (Å²) in [5.74, 6) is 0.0545. The number of benzene rings is 1. The molecule has 1 amide bonds. The topological polar surface area (TPSA) is 46.4 Å². The van der Waals surface area contributed by atoms with E-state index in [9.17, 15) is 4.79 Å². The molecule has 2 aromatic rings. The minimum absolute atomic E-state index is 0.0545. The molecule has 0 aliphatic heterocycles. The van der Waals surface area contributed by atoms with E-state index in [-0.39, 0.29) is 11.4 Å². The SMILES string of the molecule is CC[NH+](CC(=O)NC(C)(C)C)Cc1cc2ccc(SC)cc2nc1Cl. The van der Waals surface area contributed by atoms with E-state index in [2.05, 4.69) is 41.5 Å². The number of amides is 1. The molecule has 0 spiro atoms. The van der Waals surface area contributed by atoms with E-state index < -0.39 is 0 Å². The second-order valence-corrected chi connectivity index (χ2v) is 8.49. The Balaban J connectivity index is 2.16. The Morgan fingerprint density at radius 1 is 1.32 bits per heavy atom. The number of aromatic nitrogens is 1. The highest BCUT2D eigenvalue weighted by molar-refractivity contribution is 7.98. The molecule has 6 heteroatoms. The van der Waals surface area contributed by atoms with Crippen LogP contribution >= 0.6 is 23.4 Å². The number of fused-ring (bicyclic) bond motifs is 1. The number of hydrogen-bond acceptors (Lipinski definition) is 3. The number of carbonyl (C=O) groups is 1. The molecule has 0 radical (unpaired) electrons. The largest absolute Gasteiger partial charge is 0.347 e. The van der Waals surface area contributed by atoms with Crippen molar-refractivity contribution in [1.82, 2.24) is 10.3 Å². The first-order chi connectivity index (χ1) is 11.7. The fraction of sp³-hybridized carbons (Fsp3) is 0.474. The zero-order valence-electron chi connectivity index (χ0n) is 15.6. The fourth-order valence-corrected chi connectivity index (χ4v) is 3.34. The second kappa shape index (κ2) is 8.39. The highest BCUT2D eigenvalue weighted by Crippen LogP contribution is 2.24. The summed E-state index contributed by atoms with van der Waals surface area (Å²) in [6.07, 6.45) is 2.04. The summed E-state index contributed by atoms with van der Waals surface area (Å²) < 4.78 is 0. The van der Waals surface area contributed by atoms with Crippen LogP contribution < -0.4 is 10.2 Å². The van der Waals surface area contributed by atoms with Gasteiger partial charge in [-0.25, -0.2) is 4.98 Å². The zero-order chi connectivity index (χ0) is 18.6. The van der Waals surface area contributed by atoms with Crippen molar-refractivity contribution < 1.29 is 9.69 Å². The number of quaternary nitrogens is 1. The normalized spacial score (nSPS) is 13.0. The van der Waals surface area contributed by atoms with E-state index in [1.165, 1.54) is 4.90 Å². The van der Waals surface area contributed by atoms with Crippen molar-refractivity contribution >= 4 is 40.2 Å². The van der Waals surface area contributed by atoms with Crippen LogP contribution in [-0.2, 0) is 11.3 Å². The number of nitrogens with zero attached hydrogens (tertiary/aromatic N) is 1. The molecule has 0 bridgehead atoms. The van der Waals surface area contributed by atoms with Gasteiger partial charge in [0.2, 0.25) is 0 Å². The first-order valence-corrected chi connectivity index (χ1v) is 10.1. The number of hydrogen-bond donors (Lipinski definition) is 2. The van der Waals surface area contributed by atoms with E-state index in [4.69, 9.17) is 11.6 Å². The number of likely N-dealkylation sites (N-methyl/N-ethyl adjacent to an activating group) is 1. The summed E-state index contributed by atoms with van der Waals surface area (Å²) in [6.45, 7) is 9.99. The van der Waals surface area contributed by atoms with Crippen molar-refractivity contribution in [2.45, 2.75) is 44.7 Å². The molecule has 0 saturated heterocycles. The number of rotatable bonds is 6. The van der Waals surface area contributed by atoms with Gasteiger partial charge in [-0.05, 0) is 52.1 Å². The highest BCUT2D eigenvalue weighted by atomic mass is 35.5. The van der Waals surface area contributed by atoms with Gasteiger partial charge in [-0.2, -0.15) is 0 Å². The number of nitrogens with one attached hydrogen (secondary N) is 2. The van der Waals surface area contributed by atoms with Crippen LogP contribution in [0.4, 0.5) is 0 Å². The first-order valence-electron chi connectivity index (χ1n) is 8.49. The summed E-state index contributed by atoms with van der Waals surface area (Å²) in [6, 6.07) is 8.31. The Morgan fingerprint density at radius 2 is 2.04 bits per heavy atom. The lowest BCUT2D eigenvalue weighted by molar-refractivity contribution is -0.904. The van der Waals surface area contributed by atoms with E-state index >= 15 is 0 Å². The molecule has 2 rings (SSSR count). The van der Waals surface area contributed by atoms with Gasteiger partial charge in [-0.1, -0.05) is 17.7 Å². The average Bonchev–Trinajstić information content (AvgIpc) is 2.52. The van der Waals surface area contributed by atoms with Crippen LogP contribution in [0.15, 0.2) is 29.2 Å². The van der Waals surface area contributed by atoms with Crippen molar-refractivity contribution in [1.29, 1.82) is 0 Å². The van der Waals surface area contributed by atoms with Gasteiger partial charge in [-0.3, -0.25) is 4.79 Å². The van der Waals surface area contributed by atoms with E-state index in [0.29, 0.717) is 18.2 Å². The Kier molecular flexibility index (Phi) is 6.72. The summed E-state index contributed by atoms with van der Waals surface area (Å²) >= 11 is 8.10. The molecule has 2 N–H and O–H groups in total. The van der Waals surface area contributed by atoms with Gasteiger partial charge in [0.15, 0.2) is 6.54 Å². The lowest BCUT2D eigenvalue weighted by Crippen LogP contribution is -3.11. The van der Waals surface area contributed by atoms with Crippen LogP contribution in [0.2, 0.25) is 5.15 Å². The van der Waals surface area contributed by atoms with Gasteiger partial charge in [0.1, 0.15) is 11.7 Å². The number of pyridine rings is 1. The summed E-state index contributed by atoms with van der Waals surface area (Å²) in [5, 5.41) is 4.61. The van der Waals surface area contributed by atoms with Gasteiger partial charge < -0.3 is 10.2 Å². The molecular formula is C19H27ClN3OS+. The molecule has 136 valence electrons. The third-order valence-corrected chi connectivity index (χ3v) is 4.97. The summed E-state index contributed by atoms with van der Waals surface area (Å²) in [5.41, 5.74) is 1.67. The van der Waals surface area contributed by atoms with Crippen LogP contribution in [0.3, 0.4) is 0 Å². The van der Waals surface area contributed by atoms with Gasteiger partial charge in [0, 0.05) is 21.4 Å². The monoisotopic (exact) mass is 380 g/mol.